The highest BCUT2D eigenvalue weighted by atomic mass is 35.6. The monoisotopic (exact) mass is 402 g/mol. The lowest BCUT2D eigenvalue weighted by atomic mass is 9.63. The lowest BCUT2D eigenvalue weighted by molar-refractivity contribution is 0.0904. The molecule has 0 spiro atoms. The molecule has 0 heterocycles. The zero-order valence-electron chi connectivity index (χ0n) is 12.0. The van der Waals surface area contributed by atoms with Crippen molar-refractivity contribution in [3.05, 3.63) is 0 Å². The summed E-state index contributed by atoms with van der Waals surface area (Å²) in [5.41, 5.74) is 12.4. The van der Waals surface area contributed by atoms with Crippen LogP contribution in [0, 0.1) is 10.8 Å². The molecule has 2 nitrogen and oxygen atoms in total. The molecule has 120 valence electrons. The van der Waals surface area contributed by atoms with E-state index < -0.39 is 9.92 Å². The fourth-order valence-electron chi connectivity index (χ4n) is 2.87. The Labute approximate surface area is 153 Å². The molecule has 2 unspecified atom stereocenters. The molecule has 0 aromatic rings. The summed E-state index contributed by atoms with van der Waals surface area (Å²) in [6.07, 6.45) is 3.44. The van der Waals surface area contributed by atoms with Crippen LogP contribution in [0.15, 0.2) is 0 Å². The van der Waals surface area contributed by atoms with Gasteiger partial charge in [0.05, 0.1) is 0 Å². The predicted octanol–water partition coefficient (Wildman–Crippen LogP) is 4.86. The lowest BCUT2D eigenvalue weighted by Gasteiger charge is -2.45. The molecular formula is C10H22B2Cl6N2. The van der Waals surface area contributed by atoms with Crippen molar-refractivity contribution in [2.24, 2.45) is 22.3 Å². The van der Waals surface area contributed by atoms with Crippen LogP contribution in [0.1, 0.15) is 40.0 Å². The molecule has 4 N–H and O–H groups in total. The highest BCUT2D eigenvalue weighted by Crippen LogP contribution is 2.44. The highest BCUT2D eigenvalue weighted by molar-refractivity contribution is 7.54. The zero-order valence-corrected chi connectivity index (χ0v) is 16.5. The smallest absolute Gasteiger partial charge is 0.330 e. The van der Waals surface area contributed by atoms with Gasteiger partial charge in [-0.15, -0.1) is 0 Å². The summed E-state index contributed by atoms with van der Waals surface area (Å²) < 4.78 is 0. The first-order valence-electron chi connectivity index (χ1n) is 6.14. The normalized spacial score (nSPS) is 27.4. The molecule has 0 radical (unpaired) electrons. The average Bonchev–Trinajstić information content (AvgIpc) is 2.11. The Morgan fingerprint density at radius 2 is 1.30 bits per heavy atom. The van der Waals surface area contributed by atoms with Crippen LogP contribution in [0.5, 0.6) is 0 Å². The maximum atomic E-state index is 6.01. The van der Waals surface area contributed by atoms with Crippen molar-refractivity contribution in [3.63, 3.8) is 0 Å². The minimum atomic E-state index is -0.750. The second-order valence-corrected chi connectivity index (χ2v) is 9.98. The molecule has 2 atom stereocenters. The van der Waals surface area contributed by atoms with Gasteiger partial charge in [-0.1, -0.05) is 20.8 Å². The topological polar surface area (TPSA) is 52.0 Å². The molecular weight excluding hydrogens is 382 g/mol. The van der Waals surface area contributed by atoms with Gasteiger partial charge in [-0.3, -0.25) is 0 Å². The molecule has 0 aliphatic heterocycles. The first-order valence-corrected chi connectivity index (χ1v) is 8.75. The van der Waals surface area contributed by atoms with Gasteiger partial charge in [-0.2, -0.15) is 68.8 Å². The molecule has 10 heteroatoms. The van der Waals surface area contributed by atoms with E-state index in [1.807, 2.05) is 0 Å². The standard InChI is InChI=1S/C10H22N2.2BCl3/c1-9(2)4-8(12)5-10(3,6-9)7-11;2*2-1(3)4/h8H,4-7,11-12H2,1-3H3;;. The van der Waals surface area contributed by atoms with Crippen molar-refractivity contribution >= 4 is 78.7 Å². The van der Waals surface area contributed by atoms with E-state index >= 15 is 0 Å². The maximum absolute atomic E-state index is 6.01. The van der Waals surface area contributed by atoms with Crippen LogP contribution in [0.2, 0.25) is 0 Å². The van der Waals surface area contributed by atoms with Gasteiger partial charge in [0.15, 0.2) is 0 Å². The quantitative estimate of drug-likeness (QED) is 0.613. The second-order valence-electron chi connectivity index (χ2n) is 6.02. The third-order valence-corrected chi connectivity index (χ3v) is 2.97. The third-order valence-electron chi connectivity index (χ3n) is 2.97. The van der Waals surface area contributed by atoms with Crippen molar-refractivity contribution in [2.45, 2.75) is 46.1 Å². The number of hydrogen-bond acceptors (Lipinski definition) is 2. The van der Waals surface area contributed by atoms with Gasteiger partial charge in [0.25, 0.3) is 0 Å². The van der Waals surface area contributed by atoms with Crippen molar-refractivity contribution in [1.82, 2.24) is 0 Å². The number of halogens is 6. The van der Waals surface area contributed by atoms with Crippen LogP contribution in [-0.2, 0) is 0 Å². The van der Waals surface area contributed by atoms with Crippen molar-refractivity contribution in [1.29, 1.82) is 0 Å². The Morgan fingerprint density at radius 1 is 0.950 bits per heavy atom. The van der Waals surface area contributed by atoms with Gasteiger partial charge in [0, 0.05) is 6.04 Å². The predicted molar refractivity (Wildman–Crippen MR) is 99.4 cm³/mol. The van der Waals surface area contributed by atoms with Gasteiger partial charge >= 0.3 is 9.92 Å². The molecule has 20 heavy (non-hydrogen) atoms. The first-order chi connectivity index (χ1) is 8.83. The van der Waals surface area contributed by atoms with E-state index in [1.165, 1.54) is 6.42 Å². The average molecular weight is 405 g/mol. The van der Waals surface area contributed by atoms with E-state index in [9.17, 15) is 0 Å². The van der Waals surface area contributed by atoms with Crippen LogP contribution in [-0.4, -0.2) is 22.5 Å². The summed E-state index contributed by atoms with van der Waals surface area (Å²) in [6, 6.07) is 0.349. The largest absolute Gasteiger partial charge is 0.450 e. The maximum Gasteiger partial charge on any atom is 0.450 e. The van der Waals surface area contributed by atoms with Crippen LogP contribution in [0.3, 0.4) is 0 Å². The first kappa shape index (κ1) is 24.0. The highest BCUT2D eigenvalue weighted by Gasteiger charge is 2.38. The van der Waals surface area contributed by atoms with Crippen molar-refractivity contribution < 1.29 is 0 Å². The van der Waals surface area contributed by atoms with Gasteiger partial charge in [-0.05, 0) is 36.6 Å². The van der Waals surface area contributed by atoms with Gasteiger partial charge < -0.3 is 11.5 Å². The zero-order chi connectivity index (χ0) is 16.6. The van der Waals surface area contributed by atoms with Crippen molar-refractivity contribution in [2.75, 3.05) is 6.54 Å². The number of rotatable bonds is 1. The summed E-state index contributed by atoms with van der Waals surface area (Å²) in [4.78, 5) is -1.50. The van der Waals surface area contributed by atoms with E-state index in [0.29, 0.717) is 11.5 Å². The Balaban J connectivity index is 0. The SMILES string of the molecule is CC1(C)CC(N)CC(C)(CN)C1.ClB(Cl)Cl.ClB(Cl)Cl. The molecule has 1 aliphatic carbocycles. The molecule has 0 aromatic carbocycles. The summed E-state index contributed by atoms with van der Waals surface area (Å²) in [5.74, 6) is 0. The number of hydrogen-bond donors (Lipinski definition) is 2. The Hall–Kier alpha value is 1.79. The minimum Gasteiger partial charge on any atom is -0.330 e. The molecule has 0 amide bonds. The summed E-state index contributed by atoms with van der Waals surface area (Å²) >= 11 is 28.8. The molecule has 0 saturated heterocycles. The lowest BCUT2D eigenvalue weighted by Crippen LogP contribution is -2.45. The van der Waals surface area contributed by atoms with E-state index in [-0.39, 0.29) is 5.41 Å². The minimum absolute atomic E-state index is 0.279. The Morgan fingerprint density at radius 3 is 1.55 bits per heavy atom. The van der Waals surface area contributed by atoms with Crippen molar-refractivity contribution in [3.8, 4) is 0 Å². The summed E-state index contributed by atoms with van der Waals surface area (Å²) in [7, 11) is 0. The van der Waals surface area contributed by atoms with Gasteiger partial charge in [0.1, 0.15) is 0 Å². The van der Waals surface area contributed by atoms with E-state index in [2.05, 4.69) is 20.8 Å². The molecule has 1 aliphatic rings. The van der Waals surface area contributed by atoms with E-state index in [0.717, 1.165) is 19.4 Å². The Bertz CT molecular complexity index is 246. The third kappa shape index (κ3) is 16.2. The van der Waals surface area contributed by atoms with E-state index in [4.69, 9.17) is 80.2 Å². The van der Waals surface area contributed by atoms with Crippen LogP contribution in [0.4, 0.5) is 0 Å². The number of nitrogens with two attached hydrogens (primary N) is 2. The van der Waals surface area contributed by atoms with Crippen LogP contribution >= 0.6 is 68.8 Å². The molecule has 0 aromatic heterocycles. The summed E-state index contributed by atoms with van der Waals surface area (Å²) in [5, 5.41) is 0. The molecule has 1 saturated carbocycles. The molecule has 1 rings (SSSR count). The second kappa shape index (κ2) is 11.3. The fourth-order valence-corrected chi connectivity index (χ4v) is 2.87. The van der Waals surface area contributed by atoms with Gasteiger partial charge in [0.2, 0.25) is 0 Å². The molecule has 0 bridgehead atoms. The summed E-state index contributed by atoms with van der Waals surface area (Å²) in [6.45, 7) is 7.61. The van der Waals surface area contributed by atoms with Crippen LogP contribution < -0.4 is 11.5 Å². The van der Waals surface area contributed by atoms with Crippen LogP contribution in [0.25, 0.3) is 0 Å². The molecule has 1 fully saturated rings. The van der Waals surface area contributed by atoms with E-state index in [1.54, 1.807) is 0 Å². The van der Waals surface area contributed by atoms with Gasteiger partial charge in [-0.25, -0.2) is 0 Å². The Kier molecular flexibility index (Phi) is 13.6. The fraction of sp³-hybridized carbons (Fsp3) is 1.00.